The summed E-state index contributed by atoms with van der Waals surface area (Å²) >= 11 is 0. The van der Waals surface area contributed by atoms with Gasteiger partial charge in [0.15, 0.2) is 5.69 Å². The van der Waals surface area contributed by atoms with Crippen LogP contribution in [0.15, 0.2) is 35.1 Å². The van der Waals surface area contributed by atoms with Gasteiger partial charge in [-0.15, -0.1) is 0 Å². The SMILES string of the molecule is Cc1cc(=O)c(C(=O)NCCC[NH+]2CCCC[C@@H]2C)nn1-c1ccccc1F. The highest BCUT2D eigenvalue weighted by molar-refractivity contribution is 5.92. The number of hydrogen-bond acceptors (Lipinski definition) is 3. The first kappa shape index (κ1) is 20.2. The predicted molar refractivity (Wildman–Crippen MR) is 105 cm³/mol. The molecule has 1 aromatic carbocycles. The largest absolute Gasteiger partial charge is 0.350 e. The number of piperidine rings is 1. The van der Waals surface area contributed by atoms with E-state index in [4.69, 9.17) is 0 Å². The third-order valence-corrected chi connectivity index (χ3v) is 5.45. The quantitative estimate of drug-likeness (QED) is 0.734. The number of benzene rings is 1. The summed E-state index contributed by atoms with van der Waals surface area (Å²) in [6.07, 6.45) is 4.66. The Bertz CT molecular complexity index is 896. The molecule has 3 rings (SSSR count). The molecule has 2 N–H and O–H groups in total. The fraction of sp³-hybridized carbons (Fsp3) is 0.476. The normalized spacial score (nSPS) is 19.4. The van der Waals surface area contributed by atoms with E-state index >= 15 is 0 Å². The average molecular weight is 387 g/mol. The van der Waals surface area contributed by atoms with Gasteiger partial charge in [0.2, 0.25) is 5.43 Å². The maximum atomic E-state index is 14.1. The van der Waals surface area contributed by atoms with E-state index in [0.717, 1.165) is 13.0 Å². The molecule has 1 aromatic heterocycles. The van der Waals surface area contributed by atoms with Crippen LogP contribution in [0.3, 0.4) is 0 Å². The van der Waals surface area contributed by atoms with Crippen LogP contribution in [0.5, 0.6) is 0 Å². The summed E-state index contributed by atoms with van der Waals surface area (Å²) < 4.78 is 15.4. The van der Waals surface area contributed by atoms with Crippen molar-refractivity contribution in [3.05, 3.63) is 57.8 Å². The Morgan fingerprint density at radius 3 is 2.89 bits per heavy atom. The predicted octanol–water partition coefficient (Wildman–Crippen LogP) is 1.26. The summed E-state index contributed by atoms with van der Waals surface area (Å²) in [5.74, 6) is -0.983. The molecule has 1 aliphatic heterocycles. The molecule has 1 amide bonds. The molecule has 0 spiro atoms. The number of halogens is 1. The number of para-hydroxylation sites is 1. The van der Waals surface area contributed by atoms with Crippen LogP contribution >= 0.6 is 0 Å². The minimum atomic E-state index is -0.517. The van der Waals surface area contributed by atoms with Crippen LogP contribution in [0, 0.1) is 12.7 Å². The smallest absolute Gasteiger partial charge is 0.275 e. The molecule has 1 fully saturated rings. The van der Waals surface area contributed by atoms with Gasteiger partial charge in [0.1, 0.15) is 11.5 Å². The molecule has 7 heteroatoms. The molecule has 28 heavy (non-hydrogen) atoms. The van der Waals surface area contributed by atoms with Crippen molar-refractivity contribution in [2.75, 3.05) is 19.6 Å². The van der Waals surface area contributed by atoms with Gasteiger partial charge in [-0.3, -0.25) is 9.59 Å². The fourth-order valence-corrected chi connectivity index (χ4v) is 3.80. The number of nitrogens with zero attached hydrogens (tertiary/aromatic N) is 2. The highest BCUT2D eigenvalue weighted by atomic mass is 19.1. The molecule has 0 saturated carbocycles. The molecule has 2 heterocycles. The van der Waals surface area contributed by atoms with Crippen LogP contribution < -0.4 is 15.6 Å². The first-order chi connectivity index (χ1) is 13.5. The van der Waals surface area contributed by atoms with Gasteiger partial charge in [0.25, 0.3) is 5.91 Å². The van der Waals surface area contributed by atoms with E-state index in [0.29, 0.717) is 18.3 Å². The summed E-state index contributed by atoms with van der Waals surface area (Å²) in [5, 5.41) is 6.92. The summed E-state index contributed by atoms with van der Waals surface area (Å²) in [4.78, 5) is 26.3. The van der Waals surface area contributed by atoms with Crippen molar-refractivity contribution in [1.82, 2.24) is 15.1 Å². The van der Waals surface area contributed by atoms with E-state index < -0.39 is 17.2 Å². The van der Waals surface area contributed by atoms with Gasteiger partial charge in [0.05, 0.1) is 19.1 Å². The number of hydrogen-bond donors (Lipinski definition) is 2. The Balaban J connectivity index is 1.66. The average Bonchev–Trinajstić information content (AvgIpc) is 2.67. The van der Waals surface area contributed by atoms with Crippen LogP contribution in [-0.2, 0) is 0 Å². The summed E-state index contributed by atoms with van der Waals surface area (Å²) in [7, 11) is 0. The monoisotopic (exact) mass is 387 g/mol. The maximum Gasteiger partial charge on any atom is 0.275 e. The first-order valence-corrected chi connectivity index (χ1v) is 9.96. The van der Waals surface area contributed by atoms with Crippen molar-refractivity contribution in [2.24, 2.45) is 0 Å². The van der Waals surface area contributed by atoms with Gasteiger partial charge in [-0.2, -0.15) is 5.10 Å². The van der Waals surface area contributed by atoms with Crippen molar-refractivity contribution < 1.29 is 14.1 Å². The molecule has 0 radical (unpaired) electrons. The zero-order valence-electron chi connectivity index (χ0n) is 16.5. The lowest BCUT2D eigenvalue weighted by Gasteiger charge is -2.30. The molecule has 2 aromatic rings. The summed E-state index contributed by atoms with van der Waals surface area (Å²) in [6, 6.07) is 8.11. The number of aromatic nitrogens is 2. The van der Waals surface area contributed by atoms with E-state index in [1.807, 2.05) is 0 Å². The molecule has 0 bridgehead atoms. The number of quaternary nitrogens is 1. The van der Waals surface area contributed by atoms with Crippen LogP contribution in [0.4, 0.5) is 4.39 Å². The van der Waals surface area contributed by atoms with Gasteiger partial charge in [-0.25, -0.2) is 9.07 Å². The Kier molecular flexibility index (Phi) is 6.57. The molecular weight excluding hydrogens is 359 g/mol. The standard InChI is InChI=1S/C21H27FN4O2/c1-15-8-5-6-12-25(15)13-7-11-23-21(28)20-19(27)14-16(2)26(24-20)18-10-4-3-9-17(18)22/h3-4,9-10,14-15H,5-8,11-13H2,1-2H3,(H,23,28)/p+1/t15-/m0/s1. The van der Waals surface area contributed by atoms with E-state index in [2.05, 4.69) is 17.3 Å². The van der Waals surface area contributed by atoms with E-state index in [-0.39, 0.29) is 11.4 Å². The third kappa shape index (κ3) is 4.65. The van der Waals surface area contributed by atoms with Gasteiger partial charge < -0.3 is 10.2 Å². The summed E-state index contributed by atoms with van der Waals surface area (Å²) in [6.45, 7) is 6.60. The minimum Gasteiger partial charge on any atom is -0.350 e. The second-order valence-corrected chi connectivity index (χ2v) is 7.53. The maximum absolute atomic E-state index is 14.1. The van der Waals surface area contributed by atoms with Crippen molar-refractivity contribution in [3.8, 4) is 5.69 Å². The lowest BCUT2D eigenvalue weighted by Crippen LogP contribution is -3.16. The zero-order chi connectivity index (χ0) is 20.1. The number of likely N-dealkylation sites (tertiary alicyclic amines) is 1. The number of amides is 1. The Morgan fingerprint density at radius 1 is 1.36 bits per heavy atom. The molecule has 6 nitrogen and oxygen atoms in total. The van der Waals surface area contributed by atoms with Crippen LogP contribution in [0.2, 0.25) is 0 Å². The number of aryl methyl sites for hydroxylation is 1. The Hall–Kier alpha value is -2.54. The van der Waals surface area contributed by atoms with Gasteiger partial charge in [-0.05, 0) is 45.2 Å². The van der Waals surface area contributed by atoms with E-state index in [1.54, 1.807) is 30.0 Å². The van der Waals surface area contributed by atoms with Gasteiger partial charge >= 0.3 is 0 Å². The number of carbonyl (C=O) groups excluding carboxylic acids is 1. The van der Waals surface area contributed by atoms with Crippen LogP contribution in [-0.4, -0.2) is 41.4 Å². The number of nitrogens with one attached hydrogen (secondary N) is 2. The first-order valence-electron chi connectivity index (χ1n) is 9.96. The highest BCUT2D eigenvalue weighted by Gasteiger charge is 2.21. The molecule has 1 unspecified atom stereocenters. The lowest BCUT2D eigenvalue weighted by molar-refractivity contribution is -0.928. The van der Waals surface area contributed by atoms with Crippen molar-refractivity contribution in [3.63, 3.8) is 0 Å². The zero-order valence-corrected chi connectivity index (χ0v) is 16.5. The van der Waals surface area contributed by atoms with Crippen molar-refractivity contribution in [2.45, 2.75) is 45.6 Å². The third-order valence-electron chi connectivity index (χ3n) is 5.45. The van der Waals surface area contributed by atoms with Crippen molar-refractivity contribution in [1.29, 1.82) is 0 Å². The lowest BCUT2D eigenvalue weighted by atomic mass is 10.0. The molecule has 150 valence electrons. The molecule has 1 saturated heterocycles. The number of rotatable bonds is 6. The minimum absolute atomic E-state index is 0.205. The topological polar surface area (TPSA) is 68.4 Å². The Morgan fingerprint density at radius 2 is 2.14 bits per heavy atom. The van der Waals surface area contributed by atoms with Crippen LogP contribution in [0.1, 0.15) is 48.8 Å². The second-order valence-electron chi connectivity index (χ2n) is 7.53. The fourth-order valence-electron chi connectivity index (χ4n) is 3.80. The molecule has 1 aliphatic rings. The summed E-state index contributed by atoms with van der Waals surface area (Å²) in [5.41, 5.74) is -0.00326. The molecule has 0 aliphatic carbocycles. The van der Waals surface area contributed by atoms with E-state index in [1.165, 1.54) is 42.6 Å². The highest BCUT2D eigenvalue weighted by Crippen LogP contribution is 2.13. The molecular formula is C21H28FN4O2+. The van der Waals surface area contributed by atoms with Gasteiger partial charge in [-0.1, -0.05) is 12.1 Å². The molecule has 2 atom stereocenters. The second kappa shape index (κ2) is 9.10. The van der Waals surface area contributed by atoms with E-state index in [9.17, 15) is 14.0 Å². The Labute approximate surface area is 164 Å². The van der Waals surface area contributed by atoms with Gasteiger partial charge in [0, 0.05) is 24.7 Å². The number of carbonyl (C=O) groups is 1. The van der Waals surface area contributed by atoms with Crippen LogP contribution in [0.25, 0.3) is 5.69 Å². The van der Waals surface area contributed by atoms with Crippen molar-refractivity contribution >= 4 is 5.91 Å².